The minimum atomic E-state index is -0.241. The van der Waals surface area contributed by atoms with Gasteiger partial charge in [-0.3, -0.25) is 4.79 Å². The van der Waals surface area contributed by atoms with Gasteiger partial charge in [0.1, 0.15) is 0 Å². The standard InChI is InChI=1S/C18H14N4O2/c19-12-13-5-4-8-15(11-13)17(23)20-10-9-16-21-22-18(24-16)14-6-2-1-3-7-14/h1-8,11H,9-10H2,(H,20,23). The maximum atomic E-state index is 12.0. The van der Waals surface area contributed by atoms with Crippen molar-refractivity contribution < 1.29 is 9.21 Å². The number of hydrogen-bond acceptors (Lipinski definition) is 5. The summed E-state index contributed by atoms with van der Waals surface area (Å²) in [6.45, 7) is 0.367. The smallest absolute Gasteiger partial charge is 0.251 e. The largest absolute Gasteiger partial charge is 0.421 e. The number of rotatable bonds is 5. The number of nitrogens with zero attached hydrogens (tertiary/aromatic N) is 3. The van der Waals surface area contributed by atoms with E-state index in [0.29, 0.717) is 35.9 Å². The molecular formula is C18H14N4O2. The van der Waals surface area contributed by atoms with Crippen LogP contribution in [0.15, 0.2) is 59.0 Å². The Morgan fingerprint density at radius 2 is 1.96 bits per heavy atom. The summed E-state index contributed by atoms with van der Waals surface area (Å²) in [4.78, 5) is 12.0. The average molecular weight is 318 g/mol. The summed E-state index contributed by atoms with van der Waals surface area (Å²) >= 11 is 0. The molecule has 2 aromatic carbocycles. The van der Waals surface area contributed by atoms with E-state index in [0.717, 1.165) is 5.56 Å². The van der Waals surface area contributed by atoms with Crippen LogP contribution in [0.2, 0.25) is 0 Å². The van der Waals surface area contributed by atoms with Crippen molar-refractivity contribution in [3.8, 4) is 17.5 Å². The minimum absolute atomic E-state index is 0.241. The zero-order valence-electron chi connectivity index (χ0n) is 12.8. The molecule has 1 N–H and O–H groups in total. The van der Waals surface area contributed by atoms with E-state index in [4.69, 9.17) is 9.68 Å². The van der Waals surface area contributed by atoms with Crippen molar-refractivity contribution in [3.05, 3.63) is 71.6 Å². The van der Waals surface area contributed by atoms with Gasteiger partial charge in [-0.25, -0.2) is 0 Å². The molecule has 24 heavy (non-hydrogen) atoms. The summed E-state index contributed by atoms with van der Waals surface area (Å²) in [5.74, 6) is 0.675. The molecule has 0 aliphatic rings. The van der Waals surface area contributed by atoms with Crippen LogP contribution < -0.4 is 5.32 Å². The fourth-order valence-corrected chi connectivity index (χ4v) is 2.17. The van der Waals surface area contributed by atoms with Gasteiger partial charge in [0.15, 0.2) is 0 Å². The lowest BCUT2D eigenvalue weighted by molar-refractivity contribution is 0.0953. The van der Waals surface area contributed by atoms with Crippen molar-refractivity contribution in [2.75, 3.05) is 6.54 Å². The van der Waals surface area contributed by atoms with E-state index < -0.39 is 0 Å². The maximum Gasteiger partial charge on any atom is 0.251 e. The zero-order valence-corrected chi connectivity index (χ0v) is 12.8. The first-order valence-corrected chi connectivity index (χ1v) is 7.42. The van der Waals surface area contributed by atoms with Gasteiger partial charge in [0, 0.05) is 24.1 Å². The van der Waals surface area contributed by atoms with E-state index in [9.17, 15) is 4.79 Å². The van der Waals surface area contributed by atoms with Gasteiger partial charge in [0.05, 0.1) is 11.6 Å². The van der Waals surface area contributed by atoms with Crippen molar-refractivity contribution in [1.82, 2.24) is 15.5 Å². The van der Waals surface area contributed by atoms with Gasteiger partial charge in [0.25, 0.3) is 5.91 Å². The summed E-state index contributed by atoms with van der Waals surface area (Å²) in [6, 6.07) is 18.0. The van der Waals surface area contributed by atoms with Crippen LogP contribution in [0.5, 0.6) is 0 Å². The van der Waals surface area contributed by atoms with E-state index >= 15 is 0 Å². The molecule has 0 aliphatic heterocycles. The Morgan fingerprint density at radius 1 is 1.12 bits per heavy atom. The van der Waals surface area contributed by atoms with Crippen LogP contribution in [0.25, 0.3) is 11.5 Å². The third-order valence-corrected chi connectivity index (χ3v) is 3.37. The van der Waals surface area contributed by atoms with Gasteiger partial charge >= 0.3 is 0 Å². The van der Waals surface area contributed by atoms with Crippen LogP contribution >= 0.6 is 0 Å². The zero-order chi connectivity index (χ0) is 16.8. The van der Waals surface area contributed by atoms with Gasteiger partial charge in [-0.15, -0.1) is 10.2 Å². The molecule has 0 spiro atoms. The molecule has 0 bridgehead atoms. The molecule has 1 aromatic heterocycles. The molecule has 3 rings (SSSR count). The molecule has 0 fully saturated rings. The highest BCUT2D eigenvalue weighted by Crippen LogP contribution is 2.16. The van der Waals surface area contributed by atoms with Gasteiger partial charge in [0.2, 0.25) is 11.8 Å². The number of carbonyl (C=O) groups excluding carboxylic acids is 1. The number of hydrogen-bond donors (Lipinski definition) is 1. The Balaban J connectivity index is 1.56. The quantitative estimate of drug-likeness (QED) is 0.780. The third kappa shape index (κ3) is 3.65. The third-order valence-electron chi connectivity index (χ3n) is 3.37. The molecule has 3 aromatic rings. The second-order valence-electron chi connectivity index (χ2n) is 5.07. The number of nitriles is 1. The first-order chi connectivity index (χ1) is 11.8. The van der Waals surface area contributed by atoms with Crippen LogP contribution in [-0.4, -0.2) is 22.6 Å². The lowest BCUT2D eigenvalue weighted by atomic mass is 10.1. The minimum Gasteiger partial charge on any atom is -0.421 e. The topological polar surface area (TPSA) is 91.8 Å². The van der Waals surface area contributed by atoms with Gasteiger partial charge in [-0.2, -0.15) is 5.26 Å². The van der Waals surface area contributed by atoms with Crippen LogP contribution in [0.1, 0.15) is 21.8 Å². The molecule has 1 heterocycles. The molecule has 0 saturated heterocycles. The second-order valence-corrected chi connectivity index (χ2v) is 5.07. The number of benzene rings is 2. The second kappa shape index (κ2) is 7.20. The summed E-state index contributed by atoms with van der Waals surface area (Å²) in [5, 5.41) is 19.6. The van der Waals surface area contributed by atoms with Crippen LogP contribution in [0.3, 0.4) is 0 Å². The average Bonchev–Trinajstić information content (AvgIpc) is 3.11. The molecule has 0 atom stereocenters. The van der Waals surface area contributed by atoms with Crippen molar-refractivity contribution in [2.45, 2.75) is 6.42 Å². The Bertz CT molecular complexity index is 881. The van der Waals surface area contributed by atoms with E-state index in [1.165, 1.54) is 0 Å². The van der Waals surface area contributed by atoms with Crippen molar-refractivity contribution in [2.24, 2.45) is 0 Å². The van der Waals surface area contributed by atoms with E-state index in [1.807, 2.05) is 36.4 Å². The van der Waals surface area contributed by atoms with Crippen molar-refractivity contribution in [3.63, 3.8) is 0 Å². The summed E-state index contributed by atoms with van der Waals surface area (Å²) in [6.07, 6.45) is 0.434. The highest BCUT2D eigenvalue weighted by molar-refractivity contribution is 5.94. The highest BCUT2D eigenvalue weighted by atomic mass is 16.4. The number of aromatic nitrogens is 2. The Kier molecular flexibility index (Phi) is 4.63. The van der Waals surface area contributed by atoms with Gasteiger partial charge in [-0.1, -0.05) is 24.3 Å². The summed E-state index contributed by atoms with van der Waals surface area (Å²) < 4.78 is 5.58. The predicted molar refractivity (Wildman–Crippen MR) is 86.9 cm³/mol. The van der Waals surface area contributed by atoms with E-state index in [-0.39, 0.29) is 5.91 Å². The summed E-state index contributed by atoms with van der Waals surface area (Å²) in [5.41, 5.74) is 1.75. The van der Waals surface area contributed by atoms with E-state index in [2.05, 4.69) is 15.5 Å². The predicted octanol–water partition coefficient (Wildman–Crippen LogP) is 2.58. The Hall–Kier alpha value is -3.46. The number of nitrogens with one attached hydrogen (secondary N) is 1. The van der Waals surface area contributed by atoms with Crippen molar-refractivity contribution in [1.29, 1.82) is 5.26 Å². The molecule has 6 nitrogen and oxygen atoms in total. The normalized spacial score (nSPS) is 10.1. The first-order valence-electron chi connectivity index (χ1n) is 7.42. The molecular weight excluding hydrogens is 304 g/mol. The fraction of sp³-hybridized carbons (Fsp3) is 0.111. The summed E-state index contributed by atoms with van der Waals surface area (Å²) in [7, 11) is 0. The molecule has 0 radical (unpaired) electrons. The van der Waals surface area contributed by atoms with Crippen LogP contribution in [0, 0.1) is 11.3 Å². The Morgan fingerprint density at radius 3 is 2.75 bits per heavy atom. The number of amides is 1. The Labute approximate surface area is 138 Å². The lowest BCUT2D eigenvalue weighted by Gasteiger charge is -2.03. The number of carbonyl (C=O) groups is 1. The first kappa shape index (κ1) is 15.4. The highest BCUT2D eigenvalue weighted by Gasteiger charge is 2.09. The van der Waals surface area contributed by atoms with Gasteiger partial charge in [-0.05, 0) is 30.3 Å². The molecule has 118 valence electrons. The SMILES string of the molecule is N#Cc1cccc(C(=O)NCCc2nnc(-c3ccccc3)o2)c1. The molecule has 0 saturated carbocycles. The molecule has 6 heteroatoms. The van der Waals surface area contributed by atoms with Crippen LogP contribution in [-0.2, 0) is 6.42 Å². The molecule has 0 aliphatic carbocycles. The van der Waals surface area contributed by atoms with Crippen LogP contribution in [0.4, 0.5) is 0 Å². The fourth-order valence-electron chi connectivity index (χ4n) is 2.17. The van der Waals surface area contributed by atoms with E-state index in [1.54, 1.807) is 24.3 Å². The molecule has 0 unspecified atom stereocenters. The lowest BCUT2D eigenvalue weighted by Crippen LogP contribution is -2.25. The van der Waals surface area contributed by atoms with Gasteiger partial charge < -0.3 is 9.73 Å². The van der Waals surface area contributed by atoms with Crippen molar-refractivity contribution >= 4 is 5.91 Å². The maximum absolute atomic E-state index is 12.0. The molecule has 1 amide bonds. The monoisotopic (exact) mass is 318 g/mol.